The Balaban J connectivity index is 1.33. The van der Waals surface area contributed by atoms with Gasteiger partial charge in [0.2, 0.25) is 5.91 Å². The van der Waals surface area contributed by atoms with E-state index in [0.717, 1.165) is 48.3 Å². The highest BCUT2D eigenvalue weighted by Gasteiger charge is 2.32. The Morgan fingerprint density at radius 2 is 2.00 bits per heavy atom. The number of aromatic amines is 1. The Kier molecular flexibility index (Phi) is 6.50. The summed E-state index contributed by atoms with van der Waals surface area (Å²) in [7, 11) is 0. The van der Waals surface area contributed by atoms with Crippen molar-refractivity contribution in [3.05, 3.63) is 59.9 Å². The fourth-order valence-electron chi connectivity index (χ4n) is 3.88. The zero-order valence-corrected chi connectivity index (χ0v) is 17.8. The number of nitrogens with one attached hydrogen (secondary N) is 2. The van der Waals surface area contributed by atoms with Crippen LogP contribution in [0.25, 0.3) is 11.0 Å². The number of hydrogen-bond donors (Lipinski definition) is 2. The third-order valence-corrected chi connectivity index (χ3v) is 5.58. The largest absolute Gasteiger partial charge is 0.494 e. The first-order chi connectivity index (χ1) is 15.2. The average molecular weight is 421 g/mol. The number of hydrogen-bond acceptors (Lipinski definition) is 4. The van der Waals surface area contributed by atoms with Crippen LogP contribution in [0.4, 0.5) is 0 Å². The van der Waals surface area contributed by atoms with E-state index in [9.17, 15) is 9.59 Å². The summed E-state index contributed by atoms with van der Waals surface area (Å²) in [5.41, 5.74) is 2.37. The minimum Gasteiger partial charge on any atom is -0.494 e. The minimum absolute atomic E-state index is 0.0374. The molecule has 162 valence electrons. The summed E-state index contributed by atoms with van der Waals surface area (Å²) in [5, 5.41) is 2.74. The van der Waals surface area contributed by atoms with Crippen LogP contribution in [0.5, 0.6) is 5.75 Å². The van der Waals surface area contributed by atoms with Crippen LogP contribution in [0.15, 0.2) is 48.5 Å². The molecule has 2 amide bonds. The summed E-state index contributed by atoms with van der Waals surface area (Å²) >= 11 is 0. The lowest BCUT2D eigenvalue weighted by atomic mass is 10.2. The number of nitrogens with zero attached hydrogens (tertiary/aromatic N) is 2. The number of carbonyl (C=O) groups is 2. The van der Waals surface area contributed by atoms with Gasteiger partial charge in [-0.15, -0.1) is 0 Å². The van der Waals surface area contributed by atoms with E-state index in [4.69, 9.17) is 4.74 Å². The zero-order chi connectivity index (χ0) is 21.6. The van der Waals surface area contributed by atoms with Gasteiger partial charge in [0.1, 0.15) is 11.6 Å². The topological polar surface area (TPSA) is 87.3 Å². The smallest absolute Gasteiger partial charge is 0.251 e. The first-order valence-electron chi connectivity index (χ1n) is 10.9. The number of aromatic nitrogens is 2. The molecule has 1 atom stereocenters. The van der Waals surface area contributed by atoms with Crippen molar-refractivity contribution in [1.82, 2.24) is 20.2 Å². The molecule has 7 nitrogen and oxygen atoms in total. The summed E-state index contributed by atoms with van der Waals surface area (Å²) in [6.07, 6.45) is 3.85. The number of likely N-dealkylation sites (tertiary alicyclic amines) is 1. The first kappa shape index (κ1) is 20.9. The minimum atomic E-state index is -0.270. The quantitative estimate of drug-likeness (QED) is 0.542. The second-order valence-corrected chi connectivity index (χ2v) is 7.79. The lowest BCUT2D eigenvalue weighted by Crippen LogP contribution is -2.40. The van der Waals surface area contributed by atoms with Crippen LogP contribution in [-0.2, 0) is 4.79 Å². The molecule has 3 aromatic rings. The Hall–Kier alpha value is -3.35. The molecule has 2 aromatic carbocycles. The van der Waals surface area contributed by atoms with Crippen molar-refractivity contribution in [1.29, 1.82) is 0 Å². The molecule has 0 radical (unpaired) electrons. The van der Waals surface area contributed by atoms with Crippen LogP contribution in [0.1, 0.15) is 54.8 Å². The standard InChI is InChI=1S/C24H28N4O3/c1-2-3-15-31-18-12-10-17(11-13-18)24(30)25-16-22(29)28-14-6-9-21(28)23-26-19-7-4-5-8-20(19)27-23/h4-5,7-8,10-13,21H,2-3,6,9,14-16H2,1H3,(H,25,30)(H,26,27)/t21-/m1/s1. The van der Waals surface area contributed by atoms with Gasteiger partial charge in [0, 0.05) is 12.1 Å². The van der Waals surface area contributed by atoms with E-state index < -0.39 is 0 Å². The van der Waals surface area contributed by atoms with Gasteiger partial charge in [-0.1, -0.05) is 25.5 Å². The van der Waals surface area contributed by atoms with E-state index in [-0.39, 0.29) is 24.4 Å². The van der Waals surface area contributed by atoms with Crippen LogP contribution in [-0.4, -0.2) is 46.4 Å². The van der Waals surface area contributed by atoms with E-state index in [0.29, 0.717) is 18.7 Å². The highest BCUT2D eigenvalue weighted by Crippen LogP contribution is 2.31. The van der Waals surface area contributed by atoms with Gasteiger partial charge in [-0.05, 0) is 55.7 Å². The molecule has 2 N–H and O–H groups in total. The van der Waals surface area contributed by atoms with Gasteiger partial charge in [-0.25, -0.2) is 4.98 Å². The van der Waals surface area contributed by atoms with Crippen LogP contribution < -0.4 is 10.1 Å². The number of fused-ring (bicyclic) bond motifs is 1. The summed E-state index contributed by atoms with van der Waals surface area (Å²) in [4.78, 5) is 35.1. The van der Waals surface area contributed by atoms with Crippen molar-refractivity contribution in [3.63, 3.8) is 0 Å². The predicted molar refractivity (Wildman–Crippen MR) is 119 cm³/mol. The Bertz CT molecular complexity index is 1010. The molecular weight excluding hydrogens is 392 g/mol. The number of amides is 2. The molecule has 1 fully saturated rings. The fraction of sp³-hybridized carbons (Fsp3) is 0.375. The second-order valence-electron chi connectivity index (χ2n) is 7.79. The number of para-hydroxylation sites is 2. The fourth-order valence-corrected chi connectivity index (χ4v) is 3.88. The van der Waals surface area contributed by atoms with E-state index in [2.05, 4.69) is 22.2 Å². The Morgan fingerprint density at radius 3 is 2.77 bits per heavy atom. The molecule has 2 heterocycles. The number of carbonyl (C=O) groups excluding carboxylic acids is 2. The predicted octanol–water partition coefficient (Wildman–Crippen LogP) is 3.84. The highest BCUT2D eigenvalue weighted by molar-refractivity contribution is 5.96. The lowest BCUT2D eigenvalue weighted by molar-refractivity contribution is -0.131. The normalized spacial score (nSPS) is 15.9. The summed E-state index contributed by atoms with van der Waals surface area (Å²) in [5.74, 6) is 1.17. The molecule has 0 bridgehead atoms. The van der Waals surface area contributed by atoms with Crippen molar-refractivity contribution < 1.29 is 14.3 Å². The van der Waals surface area contributed by atoms with Crippen molar-refractivity contribution in [2.45, 2.75) is 38.6 Å². The molecule has 0 aliphatic carbocycles. The number of benzene rings is 2. The van der Waals surface area contributed by atoms with Gasteiger partial charge in [0.25, 0.3) is 5.91 Å². The van der Waals surface area contributed by atoms with E-state index >= 15 is 0 Å². The van der Waals surface area contributed by atoms with Gasteiger partial charge in [-0.2, -0.15) is 0 Å². The number of imidazole rings is 1. The molecule has 31 heavy (non-hydrogen) atoms. The van der Waals surface area contributed by atoms with Gasteiger partial charge >= 0.3 is 0 Å². The molecule has 1 aromatic heterocycles. The SMILES string of the molecule is CCCCOc1ccc(C(=O)NCC(=O)N2CCC[C@@H]2c2nc3ccccc3[nH]2)cc1. The van der Waals surface area contributed by atoms with E-state index in [1.807, 2.05) is 29.2 Å². The number of unbranched alkanes of at least 4 members (excludes halogenated alkanes) is 1. The van der Waals surface area contributed by atoms with Gasteiger partial charge < -0.3 is 19.9 Å². The van der Waals surface area contributed by atoms with Gasteiger partial charge in [0.15, 0.2) is 0 Å². The lowest BCUT2D eigenvalue weighted by Gasteiger charge is -2.23. The summed E-state index contributed by atoms with van der Waals surface area (Å²) in [6, 6.07) is 14.8. The molecular formula is C24H28N4O3. The molecule has 1 aliphatic rings. The molecule has 0 spiro atoms. The number of ether oxygens (including phenoxy) is 1. The van der Waals surface area contributed by atoms with Gasteiger partial charge in [-0.3, -0.25) is 9.59 Å². The molecule has 1 aliphatic heterocycles. The monoisotopic (exact) mass is 420 g/mol. The van der Waals surface area contributed by atoms with Crippen molar-refractivity contribution in [2.75, 3.05) is 19.7 Å². The summed E-state index contributed by atoms with van der Waals surface area (Å²) < 4.78 is 5.62. The third-order valence-electron chi connectivity index (χ3n) is 5.58. The van der Waals surface area contributed by atoms with Crippen molar-refractivity contribution in [3.8, 4) is 5.75 Å². The van der Waals surface area contributed by atoms with Crippen LogP contribution >= 0.6 is 0 Å². The maximum absolute atomic E-state index is 12.8. The molecule has 0 saturated carbocycles. The molecule has 1 saturated heterocycles. The van der Waals surface area contributed by atoms with E-state index in [1.165, 1.54) is 0 Å². The Labute approximate surface area is 181 Å². The molecule has 0 unspecified atom stereocenters. The maximum atomic E-state index is 12.8. The Morgan fingerprint density at radius 1 is 1.19 bits per heavy atom. The highest BCUT2D eigenvalue weighted by atomic mass is 16.5. The number of H-pyrrole nitrogens is 1. The number of rotatable bonds is 8. The second kappa shape index (κ2) is 9.64. The van der Waals surface area contributed by atoms with Crippen molar-refractivity contribution >= 4 is 22.8 Å². The van der Waals surface area contributed by atoms with Crippen LogP contribution in [0.2, 0.25) is 0 Å². The maximum Gasteiger partial charge on any atom is 0.251 e. The van der Waals surface area contributed by atoms with Crippen LogP contribution in [0.3, 0.4) is 0 Å². The average Bonchev–Trinajstić information content (AvgIpc) is 3.44. The molecule has 4 rings (SSSR count). The van der Waals surface area contributed by atoms with E-state index in [1.54, 1.807) is 24.3 Å². The first-order valence-corrected chi connectivity index (χ1v) is 10.9. The third kappa shape index (κ3) is 4.87. The zero-order valence-electron chi connectivity index (χ0n) is 17.8. The van der Waals surface area contributed by atoms with Gasteiger partial charge in [0.05, 0.1) is 30.2 Å². The van der Waals surface area contributed by atoms with Crippen molar-refractivity contribution in [2.24, 2.45) is 0 Å². The molecule has 7 heteroatoms. The van der Waals surface area contributed by atoms with Crippen LogP contribution in [0, 0.1) is 0 Å². The summed E-state index contributed by atoms with van der Waals surface area (Å²) in [6.45, 7) is 3.41.